The average molecular weight is 657 g/mol. The van der Waals surface area contributed by atoms with Crippen LogP contribution in [0.15, 0.2) is 174 Å². The van der Waals surface area contributed by atoms with Gasteiger partial charge in [-0.25, -0.2) is 0 Å². The largest absolute Gasteiger partial charge is 0.454 e. The van der Waals surface area contributed by atoms with E-state index in [0.29, 0.717) is 0 Å². The summed E-state index contributed by atoms with van der Waals surface area (Å²) in [4.78, 5) is 2.38. The minimum atomic E-state index is 0.877. The first-order valence-corrected chi connectivity index (χ1v) is 17.7. The Morgan fingerprint density at radius 3 is 2.08 bits per heavy atom. The normalized spacial score (nSPS) is 12.0. The number of rotatable bonds is 4. The van der Waals surface area contributed by atoms with Gasteiger partial charge in [-0.15, -0.1) is 11.3 Å². The van der Waals surface area contributed by atoms with Crippen molar-refractivity contribution in [1.29, 1.82) is 0 Å². The van der Waals surface area contributed by atoms with Gasteiger partial charge in [-0.1, -0.05) is 103 Å². The van der Waals surface area contributed by atoms with E-state index in [9.17, 15) is 0 Å². The summed E-state index contributed by atoms with van der Waals surface area (Å²) in [7, 11) is 0. The molecular formula is C46H28N2OS. The van der Waals surface area contributed by atoms with Gasteiger partial charge >= 0.3 is 0 Å². The second kappa shape index (κ2) is 10.6. The molecule has 0 aliphatic heterocycles. The smallest absolute Gasteiger partial charge is 0.159 e. The Kier molecular flexibility index (Phi) is 5.83. The topological polar surface area (TPSA) is 21.3 Å². The van der Waals surface area contributed by atoms with Gasteiger partial charge < -0.3 is 13.9 Å². The van der Waals surface area contributed by atoms with Gasteiger partial charge in [0.05, 0.1) is 16.7 Å². The van der Waals surface area contributed by atoms with Gasteiger partial charge in [0.15, 0.2) is 5.58 Å². The summed E-state index contributed by atoms with van der Waals surface area (Å²) in [5.74, 6) is 0. The summed E-state index contributed by atoms with van der Waals surface area (Å²) in [6.07, 6.45) is 0. The van der Waals surface area contributed by atoms with Crippen LogP contribution < -0.4 is 4.90 Å². The molecule has 11 aromatic rings. The fourth-order valence-corrected chi connectivity index (χ4v) is 9.10. The lowest BCUT2D eigenvalue weighted by atomic mass is 10.0. The molecule has 234 valence electrons. The van der Waals surface area contributed by atoms with Gasteiger partial charge in [0.25, 0.3) is 0 Å². The molecule has 0 aliphatic rings. The van der Waals surface area contributed by atoms with E-state index in [4.69, 9.17) is 4.42 Å². The number of para-hydroxylation sites is 3. The van der Waals surface area contributed by atoms with E-state index in [1.165, 1.54) is 52.8 Å². The van der Waals surface area contributed by atoms with Gasteiger partial charge in [-0.05, 0) is 77.5 Å². The molecule has 0 aliphatic carbocycles. The molecule has 3 heterocycles. The molecule has 0 amide bonds. The lowest BCUT2D eigenvalue weighted by Gasteiger charge is -2.26. The van der Waals surface area contributed by atoms with Crippen LogP contribution in [0.1, 0.15) is 0 Å². The minimum absolute atomic E-state index is 0.877. The molecule has 0 spiro atoms. The molecule has 0 radical (unpaired) electrons. The van der Waals surface area contributed by atoms with Gasteiger partial charge in [0.2, 0.25) is 0 Å². The van der Waals surface area contributed by atoms with Crippen LogP contribution in [0, 0.1) is 0 Å². The first-order valence-electron chi connectivity index (χ1n) is 16.9. The fraction of sp³-hybridized carbons (Fsp3) is 0. The van der Waals surface area contributed by atoms with Crippen LogP contribution in [0.4, 0.5) is 17.1 Å². The zero-order chi connectivity index (χ0) is 32.8. The van der Waals surface area contributed by atoms with Crippen molar-refractivity contribution >= 4 is 103 Å². The maximum Gasteiger partial charge on any atom is 0.159 e. The lowest BCUT2D eigenvalue weighted by molar-refractivity contribution is 0.669. The number of fused-ring (bicyclic) bond motifs is 11. The van der Waals surface area contributed by atoms with Crippen molar-refractivity contribution in [1.82, 2.24) is 4.57 Å². The predicted molar refractivity (Wildman–Crippen MR) is 213 cm³/mol. The van der Waals surface area contributed by atoms with Crippen LogP contribution in [0.2, 0.25) is 0 Å². The number of furan rings is 1. The second-order valence-electron chi connectivity index (χ2n) is 12.9. The average Bonchev–Trinajstić information content (AvgIpc) is 3.85. The molecular weight excluding hydrogens is 629 g/mol. The molecule has 3 aromatic heterocycles. The van der Waals surface area contributed by atoms with Gasteiger partial charge in [0.1, 0.15) is 5.58 Å². The number of anilines is 3. The Hall–Kier alpha value is -6.36. The van der Waals surface area contributed by atoms with E-state index in [2.05, 4.69) is 179 Å². The SMILES string of the molecule is c1ccc(-n2c3ccccc3c3cc(N(c4ccc5c(c4)sc4ccccc45)c4cccc5c4oc4ccc6ccccc6c45)ccc32)cc1. The standard InChI is InChI=1S/C46H28N2OS/c1-2-12-30(13-3-1)48-39-18-8-6-15-34(39)38-27-31(23-25-40(38)48)47(32-22-24-36-35-16-7-9-20-43(35)50-44(36)28-32)41-19-10-17-37-45-33-14-5-4-11-29(33)21-26-42(45)49-46(37)41/h1-28H. The highest BCUT2D eigenvalue weighted by molar-refractivity contribution is 7.25. The van der Waals surface area contributed by atoms with E-state index in [1.807, 2.05) is 11.3 Å². The van der Waals surface area contributed by atoms with E-state index in [1.54, 1.807) is 0 Å². The number of hydrogen-bond acceptors (Lipinski definition) is 3. The molecule has 3 nitrogen and oxygen atoms in total. The maximum absolute atomic E-state index is 6.83. The van der Waals surface area contributed by atoms with Crippen molar-refractivity contribution in [3.05, 3.63) is 170 Å². The zero-order valence-electron chi connectivity index (χ0n) is 26.9. The molecule has 0 fully saturated rings. The molecule has 0 saturated carbocycles. The summed E-state index contributed by atoms with van der Waals surface area (Å²) < 4.78 is 11.8. The molecule has 4 heteroatoms. The minimum Gasteiger partial charge on any atom is -0.454 e. The highest BCUT2D eigenvalue weighted by Crippen LogP contribution is 2.46. The third kappa shape index (κ3) is 3.97. The predicted octanol–water partition coefficient (Wildman–Crippen LogP) is 13.7. The summed E-state index contributed by atoms with van der Waals surface area (Å²) in [6, 6.07) is 61.2. The molecule has 0 N–H and O–H groups in total. The van der Waals surface area contributed by atoms with E-state index < -0.39 is 0 Å². The number of nitrogens with zero attached hydrogens (tertiary/aromatic N) is 2. The lowest BCUT2D eigenvalue weighted by Crippen LogP contribution is -2.10. The third-order valence-corrected chi connectivity index (χ3v) is 11.3. The van der Waals surface area contributed by atoms with E-state index >= 15 is 0 Å². The van der Waals surface area contributed by atoms with Crippen LogP contribution in [-0.4, -0.2) is 4.57 Å². The Bertz CT molecular complexity index is 3110. The summed E-state index contributed by atoms with van der Waals surface area (Å²) in [6.45, 7) is 0. The molecule has 11 rings (SSSR count). The van der Waals surface area contributed by atoms with E-state index in [0.717, 1.165) is 44.7 Å². The number of benzene rings is 8. The Morgan fingerprint density at radius 1 is 0.460 bits per heavy atom. The molecule has 0 atom stereocenters. The molecule has 8 aromatic carbocycles. The van der Waals surface area contributed by atoms with Crippen LogP contribution in [0.25, 0.3) is 80.4 Å². The quantitative estimate of drug-likeness (QED) is 0.188. The Balaban J connectivity index is 1.21. The molecule has 50 heavy (non-hydrogen) atoms. The highest BCUT2D eigenvalue weighted by atomic mass is 32.1. The zero-order valence-corrected chi connectivity index (χ0v) is 27.7. The number of thiophene rings is 1. The third-order valence-electron chi connectivity index (χ3n) is 10.2. The van der Waals surface area contributed by atoms with Crippen LogP contribution in [0.3, 0.4) is 0 Å². The van der Waals surface area contributed by atoms with Crippen molar-refractivity contribution in [2.75, 3.05) is 4.90 Å². The number of hydrogen-bond donors (Lipinski definition) is 0. The van der Waals surface area contributed by atoms with Gasteiger partial charge in [-0.3, -0.25) is 0 Å². The van der Waals surface area contributed by atoms with Crippen LogP contribution in [0.5, 0.6) is 0 Å². The fourth-order valence-electron chi connectivity index (χ4n) is 7.97. The number of aromatic nitrogens is 1. The monoisotopic (exact) mass is 656 g/mol. The summed E-state index contributed by atoms with van der Waals surface area (Å²) >= 11 is 1.84. The van der Waals surface area contributed by atoms with Crippen LogP contribution in [-0.2, 0) is 0 Å². The second-order valence-corrected chi connectivity index (χ2v) is 14.0. The molecule has 0 bridgehead atoms. The molecule has 0 saturated heterocycles. The van der Waals surface area contributed by atoms with Crippen molar-refractivity contribution in [2.45, 2.75) is 0 Å². The Labute approximate surface area is 291 Å². The highest BCUT2D eigenvalue weighted by Gasteiger charge is 2.22. The first kappa shape index (κ1) is 27.6. The van der Waals surface area contributed by atoms with Crippen molar-refractivity contribution in [3.8, 4) is 5.69 Å². The van der Waals surface area contributed by atoms with Gasteiger partial charge in [-0.2, -0.15) is 0 Å². The maximum atomic E-state index is 6.83. The Morgan fingerprint density at radius 2 is 1.16 bits per heavy atom. The van der Waals surface area contributed by atoms with E-state index in [-0.39, 0.29) is 0 Å². The summed E-state index contributed by atoms with van der Waals surface area (Å²) in [5.41, 5.74) is 8.46. The van der Waals surface area contributed by atoms with Gasteiger partial charge in [0, 0.05) is 58.8 Å². The van der Waals surface area contributed by atoms with Crippen LogP contribution >= 0.6 is 11.3 Å². The van der Waals surface area contributed by atoms with Crippen molar-refractivity contribution in [3.63, 3.8) is 0 Å². The van der Waals surface area contributed by atoms with Crippen molar-refractivity contribution in [2.24, 2.45) is 0 Å². The first-order chi connectivity index (χ1) is 24.8. The van der Waals surface area contributed by atoms with Crippen molar-refractivity contribution < 1.29 is 4.42 Å². The molecule has 0 unspecified atom stereocenters. The summed E-state index contributed by atoms with van der Waals surface area (Å²) in [5, 5.41) is 9.69.